The fourth-order valence-electron chi connectivity index (χ4n) is 1.68. The molecule has 0 spiro atoms. The Kier molecular flexibility index (Phi) is 5.47. The number of hydrazine groups is 1. The molecule has 2 aromatic carbocycles. The third-order valence-corrected chi connectivity index (χ3v) is 4.16. The molecule has 0 saturated carbocycles. The number of rotatable bonds is 6. The van der Waals surface area contributed by atoms with Crippen LogP contribution in [0.5, 0.6) is 5.75 Å². The van der Waals surface area contributed by atoms with Crippen LogP contribution in [0.1, 0.15) is 5.56 Å². The number of carbonyl (C=O) groups excluding carboxylic acids is 1. The SMILES string of the molecule is Cc1ccc(OCC(=O)NNS(=O)(=O)c2cc(F)ccc2F)cc1. The number of carbonyl (C=O) groups is 1. The van der Waals surface area contributed by atoms with E-state index in [1.54, 1.807) is 29.1 Å². The molecule has 0 aliphatic heterocycles. The van der Waals surface area contributed by atoms with E-state index in [1.807, 2.05) is 12.3 Å². The van der Waals surface area contributed by atoms with Crippen LogP contribution in [0.25, 0.3) is 0 Å². The number of aryl methyl sites for hydroxylation is 1. The Balaban J connectivity index is 1.93. The Morgan fingerprint density at radius 3 is 2.46 bits per heavy atom. The maximum absolute atomic E-state index is 13.5. The molecule has 0 unspecified atom stereocenters. The van der Waals surface area contributed by atoms with Gasteiger partial charge in [0, 0.05) is 0 Å². The third-order valence-electron chi connectivity index (χ3n) is 2.90. The molecule has 0 aliphatic carbocycles. The number of amides is 1. The summed E-state index contributed by atoms with van der Waals surface area (Å²) in [6, 6.07) is 8.82. The van der Waals surface area contributed by atoms with Gasteiger partial charge < -0.3 is 4.74 Å². The van der Waals surface area contributed by atoms with Gasteiger partial charge in [-0.1, -0.05) is 17.7 Å². The lowest BCUT2D eigenvalue weighted by Crippen LogP contribution is -2.44. The van der Waals surface area contributed by atoms with Crippen LogP contribution < -0.4 is 15.0 Å². The van der Waals surface area contributed by atoms with Gasteiger partial charge in [0.1, 0.15) is 22.3 Å². The second-order valence-electron chi connectivity index (χ2n) is 4.83. The second kappa shape index (κ2) is 7.37. The van der Waals surface area contributed by atoms with Crippen LogP contribution in [0.15, 0.2) is 47.4 Å². The van der Waals surface area contributed by atoms with Crippen molar-refractivity contribution in [3.05, 3.63) is 59.7 Å². The zero-order valence-electron chi connectivity index (χ0n) is 12.5. The average Bonchev–Trinajstić information content (AvgIpc) is 2.54. The predicted octanol–water partition coefficient (Wildman–Crippen LogP) is 1.66. The Hall–Kier alpha value is -2.52. The molecule has 2 aromatic rings. The Labute approximate surface area is 137 Å². The molecule has 2 rings (SSSR count). The number of halogens is 2. The number of benzene rings is 2. The highest BCUT2D eigenvalue weighted by atomic mass is 32.2. The summed E-state index contributed by atoms with van der Waals surface area (Å²) >= 11 is 0. The molecule has 0 radical (unpaired) electrons. The smallest absolute Gasteiger partial charge is 0.272 e. The van der Waals surface area contributed by atoms with Gasteiger partial charge in [-0.05, 0) is 37.3 Å². The van der Waals surface area contributed by atoms with Crippen molar-refractivity contribution < 1.29 is 26.7 Å². The first-order valence-electron chi connectivity index (χ1n) is 6.73. The topological polar surface area (TPSA) is 84.5 Å². The van der Waals surface area contributed by atoms with Crippen molar-refractivity contribution in [3.63, 3.8) is 0 Å². The van der Waals surface area contributed by atoms with Gasteiger partial charge in [0.05, 0.1) is 0 Å². The average molecular weight is 356 g/mol. The van der Waals surface area contributed by atoms with Crippen molar-refractivity contribution in [2.24, 2.45) is 0 Å². The lowest BCUT2D eigenvalue weighted by Gasteiger charge is -2.10. The van der Waals surface area contributed by atoms with E-state index < -0.39 is 39.1 Å². The summed E-state index contributed by atoms with van der Waals surface area (Å²) in [4.78, 5) is 12.3. The highest BCUT2D eigenvalue weighted by molar-refractivity contribution is 7.89. The number of sulfonamides is 1. The highest BCUT2D eigenvalue weighted by Crippen LogP contribution is 2.15. The number of hydrogen-bond acceptors (Lipinski definition) is 4. The van der Waals surface area contributed by atoms with E-state index in [-0.39, 0.29) is 0 Å². The molecule has 128 valence electrons. The summed E-state index contributed by atoms with van der Waals surface area (Å²) in [5.41, 5.74) is 2.87. The zero-order valence-corrected chi connectivity index (χ0v) is 13.4. The molecule has 0 bridgehead atoms. The van der Waals surface area contributed by atoms with Crippen molar-refractivity contribution >= 4 is 15.9 Å². The number of hydrogen-bond donors (Lipinski definition) is 2. The van der Waals surface area contributed by atoms with Crippen molar-refractivity contribution in [2.75, 3.05) is 6.61 Å². The van der Waals surface area contributed by atoms with Crippen LogP contribution in [-0.4, -0.2) is 20.9 Å². The van der Waals surface area contributed by atoms with Crippen LogP contribution in [-0.2, 0) is 14.8 Å². The molecule has 0 heterocycles. The largest absolute Gasteiger partial charge is 0.484 e. The molecule has 6 nitrogen and oxygen atoms in total. The Bertz CT molecular complexity index is 839. The van der Waals surface area contributed by atoms with Crippen molar-refractivity contribution in [2.45, 2.75) is 11.8 Å². The van der Waals surface area contributed by atoms with Crippen molar-refractivity contribution in [1.29, 1.82) is 0 Å². The standard InChI is InChI=1S/C15H14F2N2O4S/c1-10-2-5-12(6-3-10)23-9-15(20)18-19-24(21,22)14-8-11(16)4-7-13(14)17/h2-8,19H,9H2,1H3,(H,18,20). The van der Waals surface area contributed by atoms with E-state index in [1.165, 1.54) is 0 Å². The minimum atomic E-state index is -4.45. The lowest BCUT2D eigenvalue weighted by atomic mass is 10.2. The van der Waals surface area contributed by atoms with Gasteiger partial charge in [0.2, 0.25) is 0 Å². The summed E-state index contributed by atoms with van der Waals surface area (Å²) in [5, 5.41) is 0. The summed E-state index contributed by atoms with van der Waals surface area (Å²) in [6.07, 6.45) is 0. The van der Waals surface area contributed by atoms with Gasteiger partial charge in [0.15, 0.2) is 6.61 Å². The van der Waals surface area contributed by atoms with Gasteiger partial charge in [-0.15, -0.1) is 4.83 Å². The first kappa shape index (κ1) is 17.8. The van der Waals surface area contributed by atoms with Crippen LogP contribution in [0.4, 0.5) is 8.78 Å². The molecule has 0 aromatic heterocycles. The molecular weight excluding hydrogens is 342 g/mol. The van der Waals surface area contributed by atoms with E-state index in [2.05, 4.69) is 0 Å². The third kappa shape index (κ3) is 4.74. The molecule has 1 amide bonds. The fraction of sp³-hybridized carbons (Fsp3) is 0.133. The summed E-state index contributed by atoms with van der Waals surface area (Å²) in [6.45, 7) is 1.42. The normalized spacial score (nSPS) is 11.1. The van der Waals surface area contributed by atoms with Crippen molar-refractivity contribution in [1.82, 2.24) is 10.3 Å². The maximum atomic E-state index is 13.5. The van der Waals surface area contributed by atoms with E-state index in [4.69, 9.17) is 4.74 Å². The molecule has 0 fully saturated rings. The van der Waals surface area contributed by atoms with Gasteiger partial charge in [-0.3, -0.25) is 10.2 Å². The minimum absolute atomic E-state index is 0.426. The Morgan fingerprint density at radius 1 is 1.12 bits per heavy atom. The fourth-order valence-corrected chi connectivity index (χ4v) is 2.63. The molecule has 0 atom stereocenters. The van der Waals surface area contributed by atoms with Crippen LogP contribution >= 0.6 is 0 Å². The predicted molar refractivity (Wildman–Crippen MR) is 81.5 cm³/mol. The van der Waals surface area contributed by atoms with Crippen LogP contribution in [0, 0.1) is 18.6 Å². The first-order valence-corrected chi connectivity index (χ1v) is 8.21. The zero-order chi connectivity index (χ0) is 17.7. The van der Waals surface area contributed by atoms with Crippen molar-refractivity contribution in [3.8, 4) is 5.75 Å². The van der Waals surface area contributed by atoms with E-state index in [0.717, 1.165) is 11.6 Å². The molecule has 0 saturated heterocycles. The molecular formula is C15H14F2N2O4S. The summed E-state index contributed by atoms with van der Waals surface area (Å²) < 4.78 is 55.4. The van der Waals surface area contributed by atoms with Crippen LogP contribution in [0.2, 0.25) is 0 Å². The van der Waals surface area contributed by atoms with E-state index >= 15 is 0 Å². The highest BCUT2D eigenvalue weighted by Gasteiger charge is 2.20. The second-order valence-corrected chi connectivity index (χ2v) is 6.48. The summed E-state index contributed by atoms with van der Waals surface area (Å²) in [7, 11) is -4.45. The van der Waals surface area contributed by atoms with Gasteiger partial charge in [0.25, 0.3) is 15.9 Å². The van der Waals surface area contributed by atoms with Crippen LogP contribution in [0.3, 0.4) is 0 Å². The number of nitrogens with one attached hydrogen (secondary N) is 2. The minimum Gasteiger partial charge on any atom is -0.484 e. The van der Waals surface area contributed by atoms with Gasteiger partial charge in [-0.2, -0.15) is 0 Å². The monoisotopic (exact) mass is 356 g/mol. The molecule has 0 aliphatic rings. The summed E-state index contributed by atoms with van der Waals surface area (Å²) in [5.74, 6) is -2.45. The molecule has 9 heteroatoms. The number of ether oxygens (including phenoxy) is 1. The van der Waals surface area contributed by atoms with E-state index in [0.29, 0.717) is 17.9 Å². The molecule has 24 heavy (non-hydrogen) atoms. The van der Waals surface area contributed by atoms with E-state index in [9.17, 15) is 22.0 Å². The quantitative estimate of drug-likeness (QED) is 0.771. The van der Waals surface area contributed by atoms with Gasteiger partial charge in [-0.25, -0.2) is 17.2 Å². The van der Waals surface area contributed by atoms with Gasteiger partial charge >= 0.3 is 0 Å². The maximum Gasteiger partial charge on any atom is 0.272 e. The molecule has 2 N–H and O–H groups in total. The Morgan fingerprint density at radius 2 is 1.79 bits per heavy atom. The first-order chi connectivity index (χ1) is 11.3. The lowest BCUT2D eigenvalue weighted by molar-refractivity contribution is -0.123.